The van der Waals surface area contributed by atoms with E-state index in [0.717, 1.165) is 10.3 Å². The Morgan fingerprint density at radius 3 is 2.71 bits per heavy atom. The third-order valence-corrected chi connectivity index (χ3v) is 4.02. The summed E-state index contributed by atoms with van der Waals surface area (Å²) < 4.78 is 19.4. The predicted molar refractivity (Wildman–Crippen MR) is 103 cm³/mol. The summed E-state index contributed by atoms with van der Waals surface area (Å²) >= 11 is 0. The minimum atomic E-state index is -0.622. The van der Waals surface area contributed by atoms with E-state index in [4.69, 9.17) is 9.57 Å². The Morgan fingerprint density at radius 2 is 1.96 bits per heavy atom. The molecule has 6 nitrogen and oxygen atoms in total. The second-order valence-corrected chi connectivity index (χ2v) is 6.11. The zero-order valence-electron chi connectivity index (χ0n) is 15.4. The van der Waals surface area contributed by atoms with Crippen LogP contribution < -0.4 is 20.5 Å². The third-order valence-electron chi connectivity index (χ3n) is 4.02. The Balaban J connectivity index is 1.79. The molecule has 0 radical (unpaired) electrons. The number of nitrogens with one attached hydrogen (secondary N) is 1. The van der Waals surface area contributed by atoms with Crippen molar-refractivity contribution in [3.63, 3.8) is 0 Å². The maximum absolute atomic E-state index is 13.3. The van der Waals surface area contributed by atoms with Crippen molar-refractivity contribution >= 4 is 11.6 Å². The largest absolute Gasteiger partial charge is 0.495 e. The number of aromatic nitrogens is 1. The van der Waals surface area contributed by atoms with Gasteiger partial charge in [-0.1, -0.05) is 18.2 Å². The first-order valence-corrected chi connectivity index (χ1v) is 8.53. The quantitative estimate of drug-likeness (QED) is 0.711. The molecule has 0 atom stereocenters. The minimum Gasteiger partial charge on any atom is -0.495 e. The summed E-state index contributed by atoms with van der Waals surface area (Å²) in [5.41, 5.74) is 1.24. The summed E-state index contributed by atoms with van der Waals surface area (Å²) in [5, 5.41) is 2.69. The highest BCUT2D eigenvalue weighted by atomic mass is 19.1. The van der Waals surface area contributed by atoms with E-state index >= 15 is 0 Å². The van der Waals surface area contributed by atoms with Gasteiger partial charge in [-0.05, 0) is 54.4 Å². The van der Waals surface area contributed by atoms with Crippen LogP contribution in [0.15, 0.2) is 65.6 Å². The zero-order valence-corrected chi connectivity index (χ0v) is 15.4. The summed E-state index contributed by atoms with van der Waals surface area (Å²) in [6.07, 6.45) is 1.39. The lowest BCUT2D eigenvalue weighted by Gasteiger charge is -2.12. The van der Waals surface area contributed by atoms with Gasteiger partial charge in [-0.2, -0.15) is 4.73 Å². The highest BCUT2D eigenvalue weighted by molar-refractivity contribution is 6.04. The fraction of sp³-hybridized carbons (Fsp3) is 0.143. The Kier molecular flexibility index (Phi) is 5.74. The fourth-order valence-corrected chi connectivity index (χ4v) is 2.63. The number of amides is 1. The summed E-state index contributed by atoms with van der Waals surface area (Å²) in [4.78, 5) is 30.6. The number of benzene rings is 2. The van der Waals surface area contributed by atoms with Crippen molar-refractivity contribution in [3.8, 4) is 5.75 Å². The molecule has 0 aliphatic rings. The molecule has 1 aromatic heterocycles. The van der Waals surface area contributed by atoms with E-state index in [2.05, 4.69) is 5.32 Å². The molecule has 0 unspecified atom stereocenters. The van der Waals surface area contributed by atoms with Crippen LogP contribution in [0.3, 0.4) is 0 Å². The van der Waals surface area contributed by atoms with Gasteiger partial charge in [0.05, 0.1) is 12.8 Å². The lowest BCUT2D eigenvalue weighted by Crippen LogP contribution is -2.32. The average molecular weight is 382 g/mol. The molecule has 3 rings (SSSR count). The molecule has 3 aromatic rings. The first-order chi connectivity index (χ1) is 13.5. The van der Waals surface area contributed by atoms with Crippen molar-refractivity contribution in [1.29, 1.82) is 0 Å². The SMILES string of the molecule is COc1ccc(C)cc1NC(=O)c1cccn(OCc2cccc(F)c2)c1=O. The highest BCUT2D eigenvalue weighted by Gasteiger charge is 2.15. The van der Waals surface area contributed by atoms with Gasteiger partial charge < -0.3 is 14.9 Å². The number of hydrogen-bond acceptors (Lipinski definition) is 4. The number of anilines is 1. The molecule has 1 heterocycles. The van der Waals surface area contributed by atoms with Crippen LogP contribution >= 0.6 is 0 Å². The number of aryl methyl sites for hydroxylation is 1. The molecule has 1 amide bonds. The van der Waals surface area contributed by atoms with Crippen LogP contribution in [0.25, 0.3) is 0 Å². The number of carbonyl (C=O) groups excluding carboxylic acids is 1. The number of nitrogens with zero attached hydrogens (tertiary/aromatic N) is 1. The number of carbonyl (C=O) groups is 1. The van der Waals surface area contributed by atoms with Crippen LogP contribution in [0.1, 0.15) is 21.5 Å². The van der Waals surface area contributed by atoms with Gasteiger partial charge in [-0.15, -0.1) is 0 Å². The molecule has 0 saturated heterocycles. The van der Waals surface area contributed by atoms with Crippen LogP contribution in [0.5, 0.6) is 5.75 Å². The zero-order chi connectivity index (χ0) is 20.1. The Labute approximate surface area is 161 Å². The smallest absolute Gasteiger partial charge is 0.295 e. The van der Waals surface area contributed by atoms with E-state index in [-0.39, 0.29) is 12.2 Å². The lowest BCUT2D eigenvalue weighted by atomic mass is 10.2. The van der Waals surface area contributed by atoms with Gasteiger partial charge in [0.1, 0.15) is 23.7 Å². The summed E-state index contributed by atoms with van der Waals surface area (Å²) in [5.74, 6) is -0.496. The summed E-state index contributed by atoms with van der Waals surface area (Å²) in [6.45, 7) is 1.86. The summed E-state index contributed by atoms with van der Waals surface area (Å²) in [7, 11) is 1.50. The molecular weight excluding hydrogens is 363 g/mol. The third kappa shape index (κ3) is 4.37. The van der Waals surface area contributed by atoms with Crippen LogP contribution in [0, 0.1) is 12.7 Å². The van der Waals surface area contributed by atoms with Gasteiger partial charge in [0, 0.05) is 6.20 Å². The maximum Gasteiger partial charge on any atom is 0.295 e. The second-order valence-electron chi connectivity index (χ2n) is 6.11. The highest BCUT2D eigenvalue weighted by Crippen LogP contribution is 2.25. The van der Waals surface area contributed by atoms with Crippen molar-refractivity contribution in [2.45, 2.75) is 13.5 Å². The number of hydrogen-bond donors (Lipinski definition) is 1. The van der Waals surface area contributed by atoms with Crippen LogP contribution in [0.4, 0.5) is 10.1 Å². The van der Waals surface area contributed by atoms with E-state index in [1.165, 1.54) is 37.6 Å². The van der Waals surface area contributed by atoms with Gasteiger partial charge in [-0.25, -0.2) is 4.39 Å². The first kappa shape index (κ1) is 19.2. The Morgan fingerprint density at radius 1 is 1.14 bits per heavy atom. The minimum absolute atomic E-state index is 0.0194. The monoisotopic (exact) mass is 382 g/mol. The van der Waals surface area contributed by atoms with E-state index in [9.17, 15) is 14.0 Å². The standard InChI is InChI=1S/C21H19FN2O4/c1-14-8-9-19(27-2)18(11-14)23-20(25)17-7-4-10-24(21(17)26)28-13-15-5-3-6-16(22)12-15/h3-12H,13H2,1-2H3,(H,23,25). The number of halogens is 1. The van der Waals surface area contributed by atoms with Crippen LogP contribution in [-0.2, 0) is 6.61 Å². The van der Waals surface area contributed by atoms with E-state index in [1.807, 2.05) is 13.0 Å². The van der Waals surface area contributed by atoms with Crippen LogP contribution in [0.2, 0.25) is 0 Å². The van der Waals surface area contributed by atoms with E-state index in [0.29, 0.717) is 17.0 Å². The van der Waals surface area contributed by atoms with Crippen LogP contribution in [-0.4, -0.2) is 17.7 Å². The number of methoxy groups -OCH3 is 1. The van der Waals surface area contributed by atoms with E-state index in [1.54, 1.807) is 24.3 Å². The molecule has 2 aromatic carbocycles. The number of pyridine rings is 1. The van der Waals surface area contributed by atoms with Gasteiger partial charge in [0.2, 0.25) is 0 Å². The molecule has 0 aliphatic carbocycles. The number of rotatable bonds is 6. The Hall–Kier alpha value is -3.61. The average Bonchev–Trinajstić information content (AvgIpc) is 2.67. The molecule has 7 heteroatoms. The topological polar surface area (TPSA) is 69.6 Å². The normalized spacial score (nSPS) is 10.4. The molecule has 1 N–H and O–H groups in total. The molecule has 0 bridgehead atoms. The Bertz CT molecular complexity index is 1060. The number of ether oxygens (including phenoxy) is 1. The fourth-order valence-electron chi connectivity index (χ4n) is 2.63. The molecule has 0 aliphatic heterocycles. The molecule has 28 heavy (non-hydrogen) atoms. The molecular formula is C21H19FN2O4. The van der Waals surface area contributed by atoms with Crippen molar-refractivity contribution in [2.24, 2.45) is 0 Å². The molecule has 0 spiro atoms. The van der Waals surface area contributed by atoms with Crippen molar-refractivity contribution < 1.29 is 18.8 Å². The van der Waals surface area contributed by atoms with Crippen molar-refractivity contribution in [2.75, 3.05) is 12.4 Å². The first-order valence-electron chi connectivity index (χ1n) is 8.53. The molecule has 144 valence electrons. The van der Waals surface area contributed by atoms with Gasteiger partial charge >= 0.3 is 0 Å². The predicted octanol–water partition coefficient (Wildman–Crippen LogP) is 3.19. The van der Waals surface area contributed by atoms with Gasteiger partial charge in [-0.3, -0.25) is 9.59 Å². The van der Waals surface area contributed by atoms with E-state index < -0.39 is 17.3 Å². The second kappa shape index (κ2) is 8.39. The summed E-state index contributed by atoms with van der Waals surface area (Å²) in [6, 6.07) is 14.1. The lowest BCUT2D eigenvalue weighted by molar-refractivity contribution is 0.0862. The molecule has 0 fully saturated rings. The maximum atomic E-state index is 13.3. The van der Waals surface area contributed by atoms with Gasteiger partial charge in [0.25, 0.3) is 11.5 Å². The van der Waals surface area contributed by atoms with Crippen molar-refractivity contribution in [1.82, 2.24) is 4.73 Å². The molecule has 0 saturated carbocycles. The van der Waals surface area contributed by atoms with Crippen molar-refractivity contribution in [3.05, 3.63) is 93.7 Å². The van der Waals surface area contributed by atoms with Gasteiger partial charge in [0.15, 0.2) is 0 Å².